The van der Waals surface area contributed by atoms with Gasteiger partial charge in [0, 0.05) is 11.3 Å². The predicted molar refractivity (Wildman–Crippen MR) is 51.4 cm³/mol. The van der Waals surface area contributed by atoms with Gasteiger partial charge in [-0.2, -0.15) is 0 Å². The third-order valence-corrected chi connectivity index (χ3v) is 4.82. The van der Waals surface area contributed by atoms with E-state index in [9.17, 15) is 4.79 Å². The second-order valence-electron chi connectivity index (χ2n) is 5.29. The van der Waals surface area contributed by atoms with Crippen LogP contribution in [0, 0.1) is 17.3 Å². The molecule has 1 nitrogen and oxygen atoms in total. The molecule has 0 radical (unpaired) electrons. The predicted octanol–water partition coefficient (Wildman–Crippen LogP) is 2.94. The molecule has 13 heavy (non-hydrogen) atoms. The number of hydrogen-bond acceptors (Lipinski definition) is 1. The van der Waals surface area contributed by atoms with Crippen molar-refractivity contribution in [3.05, 3.63) is 0 Å². The molecule has 0 saturated heterocycles. The minimum absolute atomic E-state index is 0.209. The lowest BCUT2D eigenvalue weighted by Gasteiger charge is -2.39. The van der Waals surface area contributed by atoms with E-state index in [0.717, 1.165) is 5.92 Å². The van der Waals surface area contributed by atoms with Crippen LogP contribution in [0.1, 0.15) is 51.4 Å². The number of fused-ring (bicyclic) bond motifs is 3. The molecule has 1 heteroatoms. The van der Waals surface area contributed by atoms with E-state index in [4.69, 9.17) is 0 Å². The molecule has 3 saturated carbocycles. The van der Waals surface area contributed by atoms with Gasteiger partial charge in [0.15, 0.2) is 0 Å². The monoisotopic (exact) mass is 178 g/mol. The van der Waals surface area contributed by atoms with Crippen molar-refractivity contribution in [2.45, 2.75) is 51.4 Å². The summed E-state index contributed by atoms with van der Waals surface area (Å²) in [7, 11) is 0. The lowest BCUT2D eigenvalue weighted by molar-refractivity contribution is -0.134. The van der Waals surface area contributed by atoms with Crippen molar-refractivity contribution in [1.82, 2.24) is 0 Å². The minimum atomic E-state index is 0.209. The standard InChI is InChI=1S/C12H18O/c13-11-9-4-5-10(8-9)12(11)6-2-1-3-7-12/h9-10H,1-8H2. The molecule has 72 valence electrons. The Bertz CT molecular complexity index is 238. The number of hydrogen-bond donors (Lipinski definition) is 0. The van der Waals surface area contributed by atoms with Gasteiger partial charge >= 0.3 is 0 Å². The summed E-state index contributed by atoms with van der Waals surface area (Å²) in [6.07, 6.45) is 10.3. The van der Waals surface area contributed by atoms with Crippen LogP contribution in [0.25, 0.3) is 0 Å². The molecule has 0 heterocycles. The van der Waals surface area contributed by atoms with E-state index in [1.54, 1.807) is 0 Å². The summed E-state index contributed by atoms with van der Waals surface area (Å²) in [5.74, 6) is 1.96. The van der Waals surface area contributed by atoms with Crippen LogP contribution < -0.4 is 0 Å². The molecular formula is C12H18O. The summed E-state index contributed by atoms with van der Waals surface area (Å²) >= 11 is 0. The van der Waals surface area contributed by atoms with E-state index in [2.05, 4.69) is 0 Å². The molecule has 2 atom stereocenters. The first-order chi connectivity index (χ1) is 6.33. The maximum absolute atomic E-state index is 12.1. The molecule has 2 bridgehead atoms. The molecule has 3 aliphatic rings. The number of Topliss-reactive ketones (excluding diaryl/α,β-unsaturated/α-hetero) is 1. The summed E-state index contributed by atoms with van der Waals surface area (Å²) in [6.45, 7) is 0. The Kier molecular flexibility index (Phi) is 1.59. The fraction of sp³-hybridized carbons (Fsp3) is 0.917. The van der Waals surface area contributed by atoms with E-state index in [-0.39, 0.29) is 5.41 Å². The second kappa shape index (κ2) is 2.59. The van der Waals surface area contributed by atoms with Gasteiger partial charge in [-0.25, -0.2) is 0 Å². The fourth-order valence-corrected chi connectivity index (χ4v) is 4.17. The van der Waals surface area contributed by atoms with Crippen molar-refractivity contribution >= 4 is 5.78 Å². The molecule has 3 rings (SSSR count). The van der Waals surface area contributed by atoms with E-state index in [1.807, 2.05) is 0 Å². The first kappa shape index (κ1) is 8.02. The lowest BCUT2D eigenvalue weighted by Crippen LogP contribution is -2.38. The normalized spacial score (nSPS) is 41.7. The van der Waals surface area contributed by atoms with Crippen molar-refractivity contribution in [2.75, 3.05) is 0 Å². The average molecular weight is 178 g/mol. The van der Waals surface area contributed by atoms with E-state index in [1.165, 1.54) is 51.4 Å². The highest BCUT2D eigenvalue weighted by Crippen LogP contribution is 2.59. The van der Waals surface area contributed by atoms with Crippen molar-refractivity contribution in [1.29, 1.82) is 0 Å². The summed E-state index contributed by atoms with van der Waals surface area (Å²) in [5, 5.41) is 0. The van der Waals surface area contributed by atoms with Crippen LogP contribution in [0.2, 0.25) is 0 Å². The molecule has 3 fully saturated rings. The van der Waals surface area contributed by atoms with Crippen LogP contribution >= 0.6 is 0 Å². The molecule has 2 unspecified atom stereocenters. The Morgan fingerprint density at radius 1 is 1.08 bits per heavy atom. The number of carbonyl (C=O) groups is 1. The molecule has 0 aromatic rings. The average Bonchev–Trinajstić information content (AvgIpc) is 2.73. The van der Waals surface area contributed by atoms with Crippen molar-refractivity contribution < 1.29 is 4.79 Å². The van der Waals surface area contributed by atoms with E-state index >= 15 is 0 Å². The SMILES string of the molecule is O=C1C2CCC(C2)C12CCCCC2. The molecular weight excluding hydrogens is 160 g/mol. The first-order valence-electron chi connectivity index (χ1n) is 5.87. The highest BCUT2D eigenvalue weighted by Gasteiger charge is 2.57. The van der Waals surface area contributed by atoms with Crippen molar-refractivity contribution in [3.8, 4) is 0 Å². The van der Waals surface area contributed by atoms with Gasteiger partial charge in [-0.1, -0.05) is 19.3 Å². The topological polar surface area (TPSA) is 17.1 Å². The van der Waals surface area contributed by atoms with Gasteiger partial charge in [-0.3, -0.25) is 4.79 Å². The van der Waals surface area contributed by atoms with Gasteiger partial charge in [0.05, 0.1) is 0 Å². The highest BCUT2D eigenvalue weighted by molar-refractivity contribution is 5.90. The number of carbonyl (C=O) groups excluding carboxylic acids is 1. The second-order valence-corrected chi connectivity index (χ2v) is 5.29. The molecule has 1 spiro atoms. The lowest BCUT2D eigenvalue weighted by atomic mass is 9.64. The Morgan fingerprint density at radius 2 is 1.85 bits per heavy atom. The highest BCUT2D eigenvalue weighted by atomic mass is 16.1. The van der Waals surface area contributed by atoms with Crippen molar-refractivity contribution in [2.24, 2.45) is 17.3 Å². The van der Waals surface area contributed by atoms with Crippen LogP contribution in [-0.4, -0.2) is 5.78 Å². The van der Waals surface area contributed by atoms with Crippen LogP contribution in [-0.2, 0) is 4.79 Å². The van der Waals surface area contributed by atoms with Crippen LogP contribution in [0.15, 0.2) is 0 Å². The fourth-order valence-electron chi connectivity index (χ4n) is 4.17. The molecule has 0 aromatic carbocycles. The summed E-state index contributed by atoms with van der Waals surface area (Å²) < 4.78 is 0. The zero-order chi connectivity index (χ0) is 8.89. The maximum atomic E-state index is 12.1. The third-order valence-electron chi connectivity index (χ3n) is 4.82. The summed E-state index contributed by atoms with van der Waals surface area (Å²) in [5.41, 5.74) is 0.209. The molecule has 0 N–H and O–H groups in total. The van der Waals surface area contributed by atoms with Gasteiger partial charge in [0.1, 0.15) is 5.78 Å². The molecule has 0 amide bonds. The number of rotatable bonds is 0. The third kappa shape index (κ3) is 0.908. The van der Waals surface area contributed by atoms with Crippen LogP contribution in [0.4, 0.5) is 0 Å². The van der Waals surface area contributed by atoms with Gasteiger partial charge in [-0.15, -0.1) is 0 Å². The van der Waals surface area contributed by atoms with E-state index in [0.29, 0.717) is 11.7 Å². The summed E-state index contributed by atoms with van der Waals surface area (Å²) in [6, 6.07) is 0. The smallest absolute Gasteiger partial charge is 0.142 e. The zero-order valence-electron chi connectivity index (χ0n) is 8.22. The number of ketones is 1. The van der Waals surface area contributed by atoms with Crippen LogP contribution in [0.3, 0.4) is 0 Å². The minimum Gasteiger partial charge on any atom is -0.299 e. The van der Waals surface area contributed by atoms with Gasteiger partial charge in [-0.05, 0) is 38.0 Å². The Labute approximate surface area is 79.9 Å². The van der Waals surface area contributed by atoms with Gasteiger partial charge in [0.2, 0.25) is 0 Å². The molecule has 3 aliphatic carbocycles. The Balaban J connectivity index is 1.92. The Hall–Kier alpha value is -0.330. The quantitative estimate of drug-likeness (QED) is 0.557. The molecule has 0 aliphatic heterocycles. The van der Waals surface area contributed by atoms with Gasteiger partial charge in [0.25, 0.3) is 0 Å². The molecule has 0 aromatic heterocycles. The largest absolute Gasteiger partial charge is 0.299 e. The van der Waals surface area contributed by atoms with E-state index < -0.39 is 0 Å². The zero-order valence-corrected chi connectivity index (χ0v) is 8.22. The van der Waals surface area contributed by atoms with Gasteiger partial charge < -0.3 is 0 Å². The Morgan fingerprint density at radius 3 is 2.46 bits per heavy atom. The van der Waals surface area contributed by atoms with Crippen molar-refractivity contribution in [3.63, 3.8) is 0 Å². The summed E-state index contributed by atoms with van der Waals surface area (Å²) in [4.78, 5) is 12.1. The first-order valence-corrected chi connectivity index (χ1v) is 5.87. The maximum Gasteiger partial charge on any atom is 0.142 e. The van der Waals surface area contributed by atoms with Crippen LogP contribution in [0.5, 0.6) is 0 Å².